The van der Waals surface area contributed by atoms with Crippen LogP contribution in [-0.4, -0.2) is 12.6 Å². The summed E-state index contributed by atoms with van der Waals surface area (Å²) in [6, 6.07) is 25.8. The predicted octanol–water partition coefficient (Wildman–Crippen LogP) is 6.81. The molecular formula is C27H30O3. The summed E-state index contributed by atoms with van der Waals surface area (Å²) in [5.74, 6) is 1.17. The molecular weight excluding hydrogens is 372 g/mol. The van der Waals surface area contributed by atoms with E-state index in [0.29, 0.717) is 25.2 Å². The van der Waals surface area contributed by atoms with Gasteiger partial charge >= 0.3 is 5.97 Å². The Morgan fingerprint density at radius 1 is 0.867 bits per heavy atom. The van der Waals surface area contributed by atoms with Crippen LogP contribution in [0, 0.1) is 0 Å². The van der Waals surface area contributed by atoms with Crippen LogP contribution < -0.4 is 9.47 Å². The highest BCUT2D eigenvalue weighted by molar-refractivity contribution is 5.77. The van der Waals surface area contributed by atoms with Crippen LogP contribution in [0.3, 0.4) is 0 Å². The van der Waals surface area contributed by atoms with Crippen LogP contribution in [0.2, 0.25) is 0 Å². The first kappa shape index (κ1) is 21.6. The first-order valence-corrected chi connectivity index (χ1v) is 10.6. The van der Waals surface area contributed by atoms with E-state index in [-0.39, 0.29) is 11.4 Å². The summed E-state index contributed by atoms with van der Waals surface area (Å²) in [4.78, 5) is 12.3. The Kier molecular flexibility index (Phi) is 7.29. The molecule has 0 atom stereocenters. The average molecular weight is 403 g/mol. The molecule has 0 radical (unpaired) electrons. The Hall–Kier alpha value is -3.07. The van der Waals surface area contributed by atoms with Gasteiger partial charge in [-0.3, -0.25) is 4.79 Å². The van der Waals surface area contributed by atoms with Crippen LogP contribution in [0.5, 0.6) is 11.5 Å². The number of hydrogen-bond acceptors (Lipinski definition) is 3. The molecule has 0 saturated carbocycles. The molecule has 0 amide bonds. The second-order valence-corrected chi connectivity index (χ2v) is 8.05. The first-order valence-electron chi connectivity index (χ1n) is 10.6. The Bertz CT molecular complexity index is 943. The fraction of sp³-hybridized carbons (Fsp3) is 0.296. The van der Waals surface area contributed by atoms with Crippen LogP contribution in [-0.2, 0) is 10.2 Å². The summed E-state index contributed by atoms with van der Waals surface area (Å²) < 4.78 is 11.4. The van der Waals surface area contributed by atoms with Crippen molar-refractivity contribution >= 4 is 5.97 Å². The third-order valence-electron chi connectivity index (χ3n) is 5.51. The Balaban J connectivity index is 1.48. The summed E-state index contributed by atoms with van der Waals surface area (Å²) in [6.07, 6.45) is 2.00. The van der Waals surface area contributed by atoms with Gasteiger partial charge in [-0.2, -0.15) is 0 Å². The van der Waals surface area contributed by atoms with Crippen molar-refractivity contribution in [1.82, 2.24) is 0 Å². The van der Waals surface area contributed by atoms with Crippen molar-refractivity contribution in [2.75, 3.05) is 6.61 Å². The van der Waals surface area contributed by atoms with Crippen molar-refractivity contribution in [1.29, 1.82) is 0 Å². The average Bonchev–Trinajstić information content (AvgIpc) is 2.78. The van der Waals surface area contributed by atoms with Gasteiger partial charge < -0.3 is 9.47 Å². The molecule has 3 aromatic carbocycles. The lowest BCUT2D eigenvalue weighted by molar-refractivity contribution is -0.134. The summed E-state index contributed by atoms with van der Waals surface area (Å²) in [5, 5.41) is 0. The molecule has 30 heavy (non-hydrogen) atoms. The lowest BCUT2D eigenvalue weighted by atomic mass is 9.82. The van der Waals surface area contributed by atoms with Crippen LogP contribution in [0.1, 0.15) is 45.6 Å². The van der Waals surface area contributed by atoms with Gasteiger partial charge in [-0.15, -0.1) is 0 Å². The zero-order chi connectivity index (χ0) is 21.4. The Morgan fingerprint density at radius 3 is 2.23 bits per heavy atom. The standard InChI is InChI=1S/C27H30O3/c1-4-27(2,3)22-16-18-23(19-17-22)29-20-10-15-26(28)30-25-14-9-8-13-24(25)21-11-6-5-7-12-21/h5-9,11-14,16-19H,4,10,15,20H2,1-3H3. The van der Waals surface area contributed by atoms with E-state index in [9.17, 15) is 4.79 Å². The number of rotatable bonds is 9. The van der Waals surface area contributed by atoms with Crippen molar-refractivity contribution < 1.29 is 14.3 Å². The number of carbonyl (C=O) groups excluding carboxylic acids is 1. The molecule has 0 unspecified atom stereocenters. The van der Waals surface area contributed by atoms with E-state index in [4.69, 9.17) is 9.47 Å². The third kappa shape index (κ3) is 5.73. The summed E-state index contributed by atoms with van der Waals surface area (Å²) in [7, 11) is 0. The zero-order valence-corrected chi connectivity index (χ0v) is 18.1. The molecule has 156 valence electrons. The van der Waals surface area contributed by atoms with Gasteiger partial charge in [-0.25, -0.2) is 0 Å². The topological polar surface area (TPSA) is 35.5 Å². The van der Waals surface area contributed by atoms with E-state index >= 15 is 0 Å². The van der Waals surface area contributed by atoms with Crippen molar-refractivity contribution in [3.63, 3.8) is 0 Å². The molecule has 3 nitrogen and oxygen atoms in total. The number of hydrogen-bond donors (Lipinski definition) is 0. The second-order valence-electron chi connectivity index (χ2n) is 8.05. The monoisotopic (exact) mass is 402 g/mol. The van der Waals surface area contributed by atoms with Crippen LogP contribution >= 0.6 is 0 Å². The van der Waals surface area contributed by atoms with E-state index in [2.05, 4.69) is 32.9 Å². The van der Waals surface area contributed by atoms with Gasteiger partial charge in [0.15, 0.2) is 0 Å². The molecule has 0 aromatic heterocycles. The smallest absolute Gasteiger partial charge is 0.311 e. The largest absolute Gasteiger partial charge is 0.494 e. The van der Waals surface area contributed by atoms with Gasteiger partial charge in [0.05, 0.1) is 6.61 Å². The van der Waals surface area contributed by atoms with Crippen LogP contribution in [0.15, 0.2) is 78.9 Å². The van der Waals surface area contributed by atoms with Gasteiger partial charge in [0.1, 0.15) is 11.5 Å². The molecule has 0 N–H and O–H groups in total. The maximum absolute atomic E-state index is 12.3. The van der Waals surface area contributed by atoms with E-state index in [0.717, 1.165) is 23.3 Å². The minimum Gasteiger partial charge on any atom is -0.494 e. The van der Waals surface area contributed by atoms with E-state index < -0.39 is 0 Å². The SMILES string of the molecule is CCC(C)(C)c1ccc(OCCCC(=O)Oc2ccccc2-c2ccccc2)cc1. The Labute approximate surface area is 179 Å². The molecule has 3 heteroatoms. The normalized spacial score (nSPS) is 11.2. The maximum Gasteiger partial charge on any atom is 0.311 e. The second kappa shape index (κ2) is 10.1. The quantitative estimate of drug-likeness (QED) is 0.224. The zero-order valence-electron chi connectivity index (χ0n) is 18.1. The van der Waals surface area contributed by atoms with E-state index in [1.807, 2.05) is 66.7 Å². The molecule has 0 heterocycles. The van der Waals surface area contributed by atoms with Gasteiger partial charge in [-0.1, -0.05) is 81.4 Å². The van der Waals surface area contributed by atoms with Crippen LogP contribution in [0.4, 0.5) is 0 Å². The van der Waals surface area contributed by atoms with Crippen molar-refractivity contribution in [2.24, 2.45) is 0 Å². The molecule has 0 aliphatic carbocycles. The molecule has 0 saturated heterocycles. The lowest BCUT2D eigenvalue weighted by Gasteiger charge is -2.23. The predicted molar refractivity (Wildman–Crippen MR) is 122 cm³/mol. The molecule has 0 fully saturated rings. The van der Waals surface area contributed by atoms with Gasteiger partial charge in [0, 0.05) is 12.0 Å². The van der Waals surface area contributed by atoms with Gasteiger partial charge in [0.2, 0.25) is 0 Å². The van der Waals surface area contributed by atoms with E-state index in [1.165, 1.54) is 5.56 Å². The number of ether oxygens (including phenoxy) is 2. The molecule has 0 bridgehead atoms. The summed E-state index contributed by atoms with van der Waals surface area (Å²) in [6.45, 7) is 7.16. The van der Waals surface area contributed by atoms with Crippen molar-refractivity contribution in [2.45, 2.75) is 45.4 Å². The minimum absolute atomic E-state index is 0.165. The fourth-order valence-corrected chi connectivity index (χ4v) is 3.20. The molecule has 0 spiro atoms. The highest BCUT2D eigenvalue weighted by Crippen LogP contribution is 2.30. The maximum atomic E-state index is 12.3. The molecule has 0 aliphatic heterocycles. The molecule has 3 rings (SSSR count). The Morgan fingerprint density at radius 2 is 1.53 bits per heavy atom. The first-order chi connectivity index (χ1) is 14.5. The summed E-state index contributed by atoms with van der Waals surface area (Å²) in [5.41, 5.74) is 3.41. The lowest BCUT2D eigenvalue weighted by Crippen LogP contribution is -2.15. The van der Waals surface area contributed by atoms with Crippen LogP contribution in [0.25, 0.3) is 11.1 Å². The molecule has 3 aromatic rings. The highest BCUT2D eigenvalue weighted by atomic mass is 16.5. The van der Waals surface area contributed by atoms with Gasteiger partial charge in [-0.05, 0) is 47.6 Å². The number of para-hydroxylation sites is 1. The van der Waals surface area contributed by atoms with Gasteiger partial charge in [0.25, 0.3) is 0 Å². The highest BCUT2D eigenvalue weighted by Gasteiger charge is 2.17. The number of esters is 1. The third-order valence-corrected chi connectivity index (χ3v) is 5.51. The fourth-order valence-electron chi connectivity index (χ4n) is 3.20. The number of carbonyl (C=O) groups is 1. The van der Waals surface area contributed by atoms with E-state index in [1.54, 1.807) is 0 Å². The number of benzene rings is 3. The van der Waals surface area contributed by atoms with Crippen molar-refractivity contribution in [3.05, 3.63) is 84.4 Å². The minimum atomic E-state index is -0.248. The van der Waals surface area contributed by atoms with Crippen molar-refractivity contribution in [3.8, 4) is 22.6 Å². The molecule has 0 aliphatic rings. The summed E-state index contributed by atoms with van der Waals surface area (Å²) >= 11 is 0.